The molecule has 2 aromatic rings. The zero-order chi connectivity index (χ0) is 13.9. The Morgan fingerprint density at radius 3 is 2.95 bits per heavy atom. The molecule has 2 N–H and O–H groups in total. The van der Waals surface area contributed by atoms with Crippen molar-refractivity contribution >= 4 is 28.1 Å². The van der Waals surface area contributed by atoms with Crippen LogP contribution in [0.4, 0.5) is 0 Å². The highest BCUT2D eigenvalue weighted by Crippen LogP contribution is 2.20. The second-order valence-electron chi connectivity index (χ2n) is 5.38. The number of aromatic nitrogens is 1. The summed E-state index contributed by atoms with van der Waals surface area (Å²) in [5, 5.41) is 1.18. The molecule has 3 rings (SSSR count). The molecule has 1 unspecified atom stereocenters. The molecule has 3 nitrogen and oxygen atoms in total. The van der Waals surface area contributed by atoms with Crippen LogP contribution in [0.3, 0.4) is 0 Å². The third-order valence-electron chi connectivity index (χ3n) is 3.96. The number of fused-ring (bicyclic) bond motifs is 1. The van der Waals surface area contributed by atoms with E-state index in [1.54, 1.807) is 0 Å². The molecule has 104 valence electrons. The van der Waals surface area contributed by atoms with Gasteiger partial charge in [0, 0.05) is 11.9 Å². The molecule has 1 aromatic carbocycles. The van der Waals surface area contributed by atoms with Crippen molar-refractivity contribution in [3.05, 3.63) is 42.1 Å². The van der Waals surface area contributed by atoms with E-state index in [9.17, 15) is 0 Å². The molecule has 20 heavy (non-hydrogen) atoms. The lowest BCUT2D eigenvalue weighted by atomic mass is 10.0. The van der Waals surface area contributed by atoms with Crippen LogP contribution in [0.5, 0.6) is 0 Å². The van der Waals surface area contributed by atoms with Gasteiger partial charge in [-0.25, -0.2) is 0 Å². The molecule has 1 atom stereocenters. The first-order valence-corrected chi connectivity index (χ1v) is 7.53. The van der Waals surface area contributed by atoms with Gasteiger partial charge in [0.1, 0.15) is 0 Å². The van der Waals surface area contributed by atoms with E-state index < -0.39 is 0 Å². The number of likely N-dealkylation sites (tertiary alicyclic amines) is 1. The van der Waals surface area contributed by atoms with Gasteiger partial charge in [-0.3, -0.25) is 9.88 Å². The summed E-state index contributed by atoms with van der Waals surface area (Å²) in [6, 6.07) is 12.7. The van der Waals surface area contributed by atoms with Crippen LogP contribution < -0.4 is 5.73 Å². The summed E-state index contributed by atoms with van der Waals surface area (Å²) >= 11 is 5.20. The van der Waals surface area contributed by atoms with Crippen molar-refractivity contribution in [2.24, 2.45) is 5.73 Å². The summed E-state index contributed by atoms with van der Waals surface area (Å²) < 4.78 is 0. The number of piperidine rings is 1. The number of pyridine rings is 1. The molecule has 1 aliphatic rings. The maximum absolute atomic E-state index is 5.87. The van der Waals surface area contributed by atoms with E-state index in [4.69, 9.17) is 22.9 Å². The van der Waals surface area contributed by atoms with Crippen LogP contribution in [0.25, 0.3) is 10.9 Å². The Kier molecular flexibility index (Phi) is 3.94. The summed E-state index contributed by atoms with van der Waals surface area (Å²) in [5.74, 6) is 0. The highest BCUT2D eigenvalue weighted by atomic mass is 32.1. The predicted octanol–water partition coefficient (Wildman–Crippen LogP) is 2.88. The molecule has 1 saturated heterocycles. The number of thiocarbonyl (C=S) groups is 1. The number of rotatable bonds is 3. The molecule has 0 amide bonds. The van der Waals surface area contributed by atoms with E-state index in [1.165, 1.54) is 18.2 Å². The van der Waals surface area contributed by atoms with Crippen molar-refractivity contribution in [1.82, 2.24) is 9.88 Å². The minimum atomic E-state index is 0.229. The van der Waals surface area contributed by atoms with E-state index in [2.05, 4.69) is 29.2 Å². The summed E-state index contributed by atoms with van der Waals surface area (Å²) in [4.78, 5) is 7.72. The number of nitrogens with two attached hydrogens (primary N) is 1. The second kappa shape index (κ2) is 5.85. The monoisotopic (exact) mass is 285 g/mol. The van der Waals surface area contributed by atoms with Gasteiger partial charge in [0.15, 0.2) is 0 Å². The molecule has 1 aliphatic heterocycles. The van der Waals surface area contributed by atoms with Gasteiger partial charge in [-0.2, -0.15) is 0 Å². The van der Waals surface area contributed by atoms with Crippen molar-refractivity contribution in [2.45, 2.75) is 31.8 Å². The van der Waals surface area contributed by atoms with E-state index in [1.807, 2.05) is 12.1 Å². The molecule has 1 fully saturated rings. The fourth-order valence-electron chi connectivity index (χ4n) is 2.91. The maximum atomic E-state index is 5.87. The molecule has 0 aliphatic carbocycles. The molecule has 1 aromatic heterocycles. The number of hydrogen-bond acceptors (Lipinski definition) is 3. The Morgan fingerprint density at radius 2 is 2.10 bits per heavy atom. The van der Waals surface area contributed by atoms with Gasteiger partial charge in [0.2, 0.25) is 0 Å². The Labute approximate surface area is 124 Å². The Hall–Kier alpha value is -1.52. The fraction of sp³-hybridized carbons (Fsp3) is 0.375. The average molecular weight is 285 g/mol. The minimum Gasteiger partial charge on any atom is -0.392 e. The molecule has 0 spiro atoms. The van der Waals surface area contributed by atoms with Gasteiger partial charge in [-0.05, 0) is 31.5 Å². The molecular formula is C16H19N3S. The first kappa shape index (κ1) is 13.5. The van der Waals surface area contributed by atoms with E-state index in [0.29, 0.717) is 4.99 Å². The molecule has 0 radical (unpaired) electrons. The van der Waals surface area contributed by atoms with Gasteiger partial charge in [-0.15, -0.1) is 0 Å². The van der Waals surface area contributed by atoms with Crippen LogP contribution in [0.2, 0.25) is 0 Å². The maximum Gasteiger partial charge on any atom is 0.0902 e. The lowest BCUT2D eigenvalue weighted by molar-refractivity contribution is 0.183. The standard InChI is InChI=1S/C16H19N3S/c17-16(20)15-7-3-4-10-19(15)11-13-9-8-12-5-1-2-6-14(12)18-13/h1-2,5-6,8-9,15H,3-4,7,10-11H2,(H2,17,20). The first-order valence-electron chi connectivity index (χ1n) is 7.12. The molecule has 0 saturated carbocycles. The van der Waals surface area contributed by atoms with Gasteiger partial charge in [-0.1, -0.05) is 42.9 Å². The molecule has 2 heterocycles. The quantitative estimate of drug-likeness (QED) is 0.881. The van der Waals surface area contributed by atoms with Gasteiger partial charge >= 0.3 is 0 Å². The summed E-state index contributed by atoms with van der Waals surface area (Å²) in [6.07, 6.45) is 3.50. The third-order valence-corrected chi connectivity index (χ3v) is 4.24. The van der Waals surface area contributed by atoms with Gasteiger partial charge in [0.05, 0.1) is 22.2 Å². The van der Waals surface area contributed by atoms with Crippen molar-refractivity contribution in [1.29, 1.82) is 0 Å². The smallest absolute Gasteiger partial charge is 0.0902 e. The Balaban J connectivity index is 1.82. The third kappa shape index (κ3) is 2.81. The average Bonchev–Trinajstić information content (AvgIpc) is 2.47. The normalized spacial score (nSPS) is 20.1. The number of para-hydroxylation sites is 1. The van der Waals surface area contributed by atoms with Crippen LogP contribution in [0, 0.1) is 0 Å². The van der Waals surface area contributed by atoms with Crippen LogP contribution in [0.15, 0.2) is 36.4 Å². The van der Waals surface area contributed by atoms with Crippen LogP contribution in [-0.2, 0) is 6.54 Å². The minimum absolute atomic E-state index is 0.229. The summed E-state index contributed by atoms with van der Waals surface area (Å²) in [7, 11) is 0. The van der Waals surface area contributed by atoms with Crippen molar-refractivity contribution < 1.29 is 0 Å². The highest BCUT2D eigenvalue weighted by molar-refractivity contribution is 7.80. The zero-order valence-corrected chi connectivity index (χ0v) is 12.3. The SMILES string of the molecule is NC(=S)C1CCCCN1Cc1ccc2ccccc2n1. The Bertz CT molecular complexity index is 626. The Morgan fingerprint density at radius 1 is 1.25 bits per heavy atom. The molecule has 0 bridgehead atoms. The lowest BCUT2D eigenvalue weighted by Crippen LogP contribution is -2.46. The van der Waals surface area contributed by atoms with E-state index >= 15 is 0 Å². The van der Waals surface area contributed by atoms with Gasteiger partial charge in [0.25, 0.3) is 0 Å². The number of benzene rings is 1. The predicted molar refractivity (Wildman–Crippen MR) is 86.6 cm³/mol. The molecular weight excluding hydrogens is 266 g/mol. The van der Waals surface area contributed by atoms with Crippen molar-refractivity contribution in [3.63, 3.8) is 0 Å². The topological polar surface area (TPSA) is 42.1 Å². The summed E-state index contributed by atoms with van der Waals surface area (Å²) in [6.45, 7) is 1.88. The number of hydrogen-bond donors (Lipinski definition) is 1. The second-order valence-corrected chi connectivity index (χ2v) is 5.85. The van der Waals surface area contributed by atoms with Crippen molar-refractivity contribution in [3.8, 4) is 0 Å². The largest absolute Gasteiger partial charge is 0.392 e. The molecule has 4 heteroatoms. The summed E-state index contributed by atoms with van der Waals surface area (Å²) in [5.41, 5.74) is 8.01. The highest BCUT2D eigenvalue weighted by Gasteiger charge is 2.24. The van der Waals surface area contributed by atoms with Gasteiger partial charge < -0.3 is 5.73 Å². The van der Waals surface area contributed by atoms with Crippen LogP contribution >= 0.6 is 12.2 Å². The van der Waals surface area contributed by atoms with E-state index in [-0.39, 0.29) is 6.04 Å². The van der Waals surface area contributed by atoms with Crippen LogP contribution in [0.1, 0.15) is 25.0 Å². The number of nitrogens with zero attached hydrogens (tertiary/aromatic N) is 2. The van der Waals surface area contributed by atoms with Crippen LogP contribution in [-0.4, -0.2) is 27.5 Å². The first-order chi connectivity index (χ1) is 9.74. The zero-order valence-electron chi connectivity index (χ0n) is 11.5. The fourth-order valence-corrected chi connectivity index (χ4v) is 3.17. The van der Waals surface area contributed by atoms with E-state index in [0.717, 1.165) is 30.7 Å². The lowest BCUT2D eigenvalue weighted by Gasteiger charge is -2.34. The van der Waals surface area contributed by atoms with Crippen molar-refractivity contribution in [2.75, 3.05) is 6.54 Å².